The first-order valence-corrected chi connectivity index (χ1v) is 11.3. The number of fused-ring (bicyclic) bond motifs is 2. The number of nitrogens with zero attached hydrogens (tertiary/aromatic N) is 4. The molecule has 2 aromatic carbocycles. The second kappa shape index (κ2) is 5.06. The molecule has 0 aromatic heterocycles. The van der Waals surface area contributed by atoms with Gasteiger partial charge in [0.25, 0.3) is 23.6 Å². The highest BCUT2D eigenvalue weighted by atomic mass is 16.5. The summed E-state index contributed by atoms with van der Waals surface area (Å²) in [6, 6.07) is 13.3. The maximum absolute atomic E-state index is 13.3. The average Bonchev–Trinajstić information content (AvgIpc) is 3.65. The van der Waals surface area contributed by atoms with Crippen LogP contribution in [0, 0.1) is 11.8 Å². The zero-order valence-electron chi connectivity index (χ0n) is 17.1. The molecule has 6 bridgehead atoms. The molecule has 6 saturated heterocycles. The van der Waals surface area contributed by atoms with Gasteiger partial charge in [0, 0.05) is 11.8 Å². The highest BCUT2D eigenvalue weighted by Gasteiger charge is 2.87. The minimum atomic E-state index is -0.310. The third-order valence-electron chi connectivity index (χ3n) is 8.90. The van der Waals surface area contributed by atoms with Crippen LogP contribution in [0.1, 0.15) is 41.4 Å². The van der Waals surface area contributed by atoms with Crippen molar-refractivity contribution in [2.45, 2.75) is 36.4 Å². The summed E-state index contributed by atoms with van der Waals surface area (Å²) in [6.45, 7) is 0. The number of hydrazine groups is 2. The van der Waals surface area contributed by atoms with Crippen molar-refractivity contribution >= 4 is 23.6 Å². The summed E-state index contributed by atoms with van der Waals surface area (Å²) in [7, 11) is 0. The fraction of sp³-hybridized carbons (Fsp3) is 0.333. The van der Waals surface area contributed by atoms with Gasteiger partial charge in [-0.25, -0.2) is 10.0 Å². The lowest BCUT2D eigenvalue weighted by molar-refractivity contribution is -0.0246. The molecule has 10 rings (SSSR count). The summed E-state index contributed by atoms with van der Waals surface area (Å²) in [5.74, 6) is -1.15. The number of ether oxygens (including phenoxy) is 1. The summed E-state index contributed by atoms with van der Waals surface area (Å²) < 4.78 is 6.36. The second-order valence-corrected chi connectivity index (χ2v) is 9.88. The van der Waals surface area contributed by atoms with E-state index in [0.717, 1.165) is 0 Å². The van der Waals surface area contributed by atoms with Crippen LogP contribution in [0.25, 0.3) is 0 Å². The number of carbonyl (C=O) groups is 4. The number of hydrogen-bond acceptors (Lipinski definition) is 7. The third kappa shape index (κ3) is 1.54. The number of rotatable bonds is 2. The van der Waals surface area contributed by atoms with Gasteiger partial charge in [-0.3, -0.25) is 19.2 Å². The number of carbonyl (C=O) groups excluding carboxylic acids is 4. The zero-order valence-corrected chi connectivity index (χ0v) is 17.1. The Morgan fingerprint density at radius 3 is 1.18 bits per heavy atom. The molecule has 8 atom stereocenters. The Hall–Kier alpha value is -3.40. The van der Waals surface area contributed by atoms with E-state index in [1.807, 2.05) is 10.0 Å². The summed E-state index contributed by atoms with van der Waals surface area (Å²) in [5.41, 5.74) is 1.66. The number of amides is 4. The van der Waals surface area contributed by atoms with E-state index in [4.69, 9.17) is 4.74 Å². The van der Waals surface area contributed by atoms with Gasteiger partial charge in [-0.2, -0.15) is 10.0 Å². The van der Waals surface area contributed by atoms with E-state index in [1.165, 1.54) is 10.0 Å². The van der Waals surface area contributed by atoms with Crippen LogP contribution >= 0.6 is 0 Å². The molecule has 2 aromatic rings. The zero-order chi connectivity index (χ0) is 21.9. The molecule has 0 spiro atoms. The van der Waals surface area contributed by atoms with Crippen LogP contribution in [-0.4, -0.2) is 80.0 Å². The Kier molecular flexibility index (Phi) is 2.63. The van der Waals surface area contributed by atoms with Gasteiger partial charge in [0.1, 0.15) is 0 Å². The molecule has 8 aliphatic heterocycles. The molecule has 0 aliphatic carbocycles. The van der Waals surface area contributed by atoms with Crippen LogP contribution in [0.2, 0.25) is 0 Å². The van der Waals surface area contributed by atoms with Gasteiger partial charge in [-0.1, -0.05) is 24.3 Å². The van der Waals surface area contributed by atoms with Gasteiger partial charge in [0.05, 0.1) is 58.6 Å². The molecule has 8 unspecified atom stereocenters. The quantitative estimate of drug-likeness (QED) is 0.630. The highest BCUT2D eigenvalue weighted by Crippen LogP contribution is 2.70. The van der Waals surface area contributed by atoms with E-state index in [2.05, 4.69) is 0 Å². The van der Waals surface area contributed by atoms with Crippen molar-refractivity contribution in [3.63, 3.8) is 0 Å². The molecular formula is C24H16N4O5. The molecule has 162 valence electrons. The van der Waals surface area contributed by atoms with E-state index < -0.39 is 0 Å². The maximum atomic E-state index is 13.3. The van der Waals surface area contributed by atoms with E-state index in [9.17, 15) is 19.2 Å². The molecular weight excluding hydrogens is 424 g/mol. The van der Waals surface area contributed by atoms with Crippen LogP contribution in [0.15, 0.2) is 48.5 Å². The predicted molar refractivity (Wildman–Crippen MR) is 108 cm³/mol. The van der Waals surface area contributed by atoms with Crippen LogP contribution in [0.3, 0.4) is 0 Å². The minimum Gasteiger partial charge on any atom is -0.371 e. The van der Waals surface area contributed by atoms with Crippen molar-refractivity contribution in [3.05, 3.63) is 70.8 Å². The fourth-order valence-electron chi connectivity index (χ4n) is 8.08. The van der Waals surface area contributed by atoms with Crippen molar-refractivity contribution in [3.8, 4) is 0 Å². The summed E-state index contributed by atoms with van der Waals surface area (Å²) in [5, 5.41) is 6.49. The van der Waals surface area contributed by atoms with Crippen molar-refractivity contribution in [2.24, 2.45) is 11.8 Å². The van der Waals surface area contributed by atoms with E-state index in [-0.39, 0.29) is 71.8 Å². The number of hydrogen-bond donors (Lipinski definition) is 0. The van der Waals surface area contributed by atoms with Gasteiger partial charge in [0.15, 0.2) is 0 Å². The third-order valence-corrected chi connectivity index (χ3v) is 8.90. The van der Waals surface area contributed by atoms with Gasteiger partial charge in [-0.15, -0.1) is 0 Å². The van der Waals surface area contributed by atoms with E-state index >= 15 is 0 Å². The smallest absolute Gasteiger partial charge is 0.276 e. The monoisotopic (exact) mass is 440 g/mol. The van der Waals surface area contributed by atoms with Crippen LogP contribution in [0.5, 0.6) is 0 Å². The molecule has 9 heteroatoms. The highest BCUT2D eigenvalue weighted by molar-refractivity contribution is 6.21. The van der Waals surface area contributed by atoms with Crippen molar-refractivity contribution in [1.82, 2.24) is 20.0 Å². The predicted octanol–water partition coefficient (Wildman–Crippen LogP) is 0.541. The lowest BCUT2D eigenvalue weighted by atomic mass is 9.71. The average molecular weight is 440 g/mol. The lowest BCUT2D eigenvalue weighted by Crippen LogP contribution is -2.53. The molecule has 33 heavy (non-hydrogen) atoms. The largest absolute Gasteiger partial charge is 0.371 e. The lowest BCUT2D eigenvalue weighted by Gasteiger charge is -2.32. The molecule has 8 heterocycles. The normalized spacial score (nSPS) is 41.1. The first-order chi connectivity index (χ1) is 16.1. The summed E-state index contributed by atoms with van der Waals surface area (Å²) >= 11 is 0. The Bertz CT molecular complexity index is 1220. The van der Waals surface area contributed by atoms with Gasteiger partial charge >= 0.3 is 0 Å². The maximum Gasteiger partial charge on any atom is 0.276 e. The molecule has 0 radical (unpaired) electrons. The van der Waals surface area contributed by atoms with Gasteiger partial charge in [0.2, 0.25) is 0 Å². The Labute approximate surface area is 187 Å². The first kappa shape index (κ1) is 17.1. The van der Waals surface area contributed by atoms with Crippen molar-refractivity contribution in [2.75, 3.05) is 0 Å². The fourth-order valence-corrected chi connectivity index (χ4v) is 8.08. The van der Waals surface area contributed by atoms with Crippen molar-refractivity contribution in [1.29, 1.82) is 0 Å². The Morgan fingerprint density at radius 2 is 0.848 bits per heavy atom. The van der Waals surface area contributed by atoms with E-state index in [0.29, 0.717) is 22.3 Å². The van der Waals surface area contributed by atoms with Gasteiger partial charge in [-0.05, 0) is 24.3 Å². The summed E-state index contributed by atoms with van der Waals surface area (Å²) in [4.78, 5) is 53.1. The SMILES string of the molecule is O=C1c2ccccc2C(=O)N1N1C2C3OC4C2C2C1C3C4N2N1C(=O)c2ccccc2C1=O. The molecule has 8 aliphatic rings. The Balaban J connectivity index is 1.14. The molecule has 4 amide bonds. The van der Waals surface area contributed by atoms with E-state index in [1.54, 1.807) is 48.5 Å². The number of benzene rings is 2. The molecule has 6 fully saturated rings. The first-order valence-electron chi connectivity index (χ1n) is 11.3. The van der Waals surface area contributed by atoms with Crippen LogP contribution in [0.4, 0.5) is 0 Å². The molecule has 0 saturated carbocycles. The van der Waals surface area contributed by atoms with Gasteiger partial charge < -0.3 is 4.74 Å². The topological polar surface area (TPSA) is 90.5 Å². The molecule has 9 nitrogen and oxygen atoms in total. The van der Waals surface area contributed by atoms with Crippen LogP contribution in [-0.2, 0) is 4.74 Å². The summed E-state index contributed by atoms with van der Waals surface area (Å²) in [6.07, 6.45) is -0.202. The second-order valence-electron chi connectivity index (χ2n) is 9.88. The number of imide groups is 2. The molecule has 0 N–H and O–H groups in total. The van der Waals surface area contributed by atoms with Crippen LogP contribution < -0.4 is 0 Å². The standard InChI is InChI=1S/C24H16N4O5/c29-21-9-5-1-2-6-10(9)22(30)27(21)25-15-13-18-20-14(17(25)19(13)33-20)16(15)26(18)28-23(31)11-7-3-4-8-12(11)24(28)32/h1-8,13-20H. The minimum absolute atomic E-state index is 0.0450. The Morgan fingerprint density at radius 1 is 0.515 bits per heavy atom. The van der Waals surface area contributed by atoms with Crippen molar-refractivity contribution < 1.29 is 23.9 Å².